The molecule has 21 heavy (non-hydrogen) atoms. The molecular formula is C14H22N2O4S. The van der Waals surface area contributed by atoms with Gasteiger partial charge in [-0.25, -0.2) is 13.1 Å². The molecule has 0 radical (unpaired) electrons. The molecule has 2 N–H and O–H groups in total. The van der Waals surface area contributed by atoms with E-state index in [1.54, 1.807) is 0 Å². The SMILES string of the molecule is C[C@H]1C[C@H]1c1ccc(CCC(=O)NCCNS(C)(=O)=O)o1. The van der Waals surface area contributed by atoms with E-state index in [9.17, 15) is 13.2 Å². The van der Waals surface area contributed by atoms with Gasteiger partial charge in [0.25, 0.3) is 0 Å². The number of carbonyl (C=O) groups is 1. The third-order valence-electron chi connectivity index (χ3n) is 3.57. The lowest BCUT2D eigenvalue weighted by molar-refractivity contribution is -0.121. The van der Waals surface area contributed by atoms with Crippen LogP contribution >= 0.6 is 0 Å². The Kier molecular flexibility index (Phi) is 5.05. The van der Waals surface area contributed by atoms with E-state index in [1.165, 1.54) is 6.42 Å². The van der Waals surface area contributed by atoms with Gasteiger partial charge >= 0.3 is 0 Å². The van der Waals surface area contributed by atoms with Gasteiger partial charge in [0.15, 0.2) is 0 Å². The summed E-state index contributed by atoms with van der Waals surface area (Å²) >= 11 is 0. The number of sulfonamides is 1. The molecule has 0 unspecified atom stereocenters. The standard InChI is InChI=1S/C14H22N2O4S/c1-10-9-12(10)13-5-3-11(20-13)4-6-14(17)15-7-8-16-21(2,18)19/h3,5,10,12,16H,4,6-9H2,1-2H3,(H,15,17)/t10-,12+/m0/s1. The van der Waals surface area contributed by atoms with Crippen molar-refractivity contribution in [3.63, 3.8) is 0 Å². The van der Waals surface area contributed by atoms with Crippen molar-refractivity contribution in [1.29, 1.82) is 0 Å². The predicted octanol–water partition coefficient (Wildman–Crippen LogP) is 1.00. The number of hydrogen-bond acceptors (Lipinski definition) is 4. The molecule has 0 aliphatic heterocycles. The fourth-order valence-electron chi connectivity index (χ4n) is 2.21. The van der Waals surface area contributed by atoms with Gasteiger partial charge in [0, 0.05) is 31.8 Å². The highest BCUT2D eigenvalue weighted by atomic mass is 32.2. The van der Waals surface area contributed by atoms with Crippen molar-refractivity contribution in [2.24, 2.45) is 5.92 Å². The van der Waals surface area contributed by atoms with E-state index >= 15 is 0 Å². The van der Waals surface area contributed by atoms with Crippen molar-refractivity contribution in [2.75, 3.05) is 19.3 Å². The van der Waals surface area contributed by atoms with Crippen LogP contribution in [0.1, 0.15) is 37.2 Å². The number of nitrogens with one attached hydrogen (secondary N) is 2. The third kappa shape index (κ3) is 5.51. The first-order valence-corrected chi connectivity index (χ1v) is 9.04. The Bertz CT molecular complexity index is 594. The van der Waals surface area contributed by atoms with Crippen LogP contribution in [0.15, 0.2) is 16.5 Å². The molecule has 2 rings (SSSR count). The number of furan rings is 1. The Hall–Kier alpha value is -1.34. The van der Waals surface area contributed by atoms with E-state index < -0.39 is 10.0 Å². The van der Waals surface area contributed by atoms with Gasteiger partial charge in [-0.3, -0.25) is 4.79 Å². The molecule has 1 aromatic rings. The van der Waals surface area contributed by atoms with Crippen molar-refractivity contribution in [1.82, 2.24) is 10.0 Å². The summed E-state index contributed by atoms with van der Waals surface area (Å²) in [6.07, 6.45) is 3.17. The van der Waals surface area contributed by atoms with Gasteiger partial charge in [-0.2, -0.15) is 0 Å². The quantitative estimate of drug-likeness (QED) is 0.701. The number of rotatable bonds is 8. The molecule has 1 saturated carbocycles. The molecule has 0 spiro atoms. The topological polar surface area (TPSA) is 88.4 Å². The number of aryl methyl sites for hydroxylation is 1. The van der Waals surface area contributed by atoms with E-state index in [0.29, 0.717) is 24.7 Å². The lowest BCUT2D eigenvalue weighted by Crippen LogP contribution is -2.34. The van der Waals surface area contributed by atoms with Gasteiger partial charge in [-0.15, -0.1) is 0 Å². The summed E-state index contributed by atoms with van der Waals surface area (Å²) in [5.74, 6) is 3.00. The van der Waals surface area contributed by atoms with Crippen LogP contribution in [0.5, 0.6) is 0 Å². The summed E-state index contributed by atoms with van der Waals surface area (Å²) in [5.41, 5.74) is 0. The zero-order chi connectivity index (χ0) is 15.5. The molecule has 1 aliphatic rings. The second kappa shape index (κ2) is 6.62. The minimum atomic E-state index is -3.20. The van der Waals surface area contributed by atoms with Gasteiger partial charge in [-0.05, 0) is 24.5 Å². The first-order valence-electron chi connectivity index (χ1n) is 7.15. The highest BCUT2D eigenvalue weighted by Crippen LogP contribution is 2.47. The third-order valence-corrected chi connectivity index (χ3v) is 4.30. The Morgan fingerprint density at radius 3 is 2.71 bits per heavy atom. The van der Waals surface area contributed by atoms with Crippen LogP contribution in [0.4, 0.5) is 0 Å². The van der Waals surface area contributed by atoms with Crippen LogP contribution in [-0.4, -0.2) is 33.7 Å². The predicted molar refractivity (Wildman–Crippen MR) is 79.4 cm³/mol. The Balaban J connectivity index is 1.63. The second-order valence-corrected chi connectivity index (χ2v) is 7.47. The van der Waals surface area contributed by atoms with Crippen molar-refractivity contribution in [3.8, 4) is 0 Å². The Morgan fingerprint density at radius 1 is 1.38 bits per heavy atom. The minimum Gasteiger partial charge on any atom is -0.466 e. The summed E-state index contributed by atoms with van der Waals surface area (Å²) in [5, 5.41) is 2.67. The molecule has 0 bridgehead atoms. The monoisotopic (exact) mass is 314 g/mol. The molecule has 118 valence electrons. The Morgan fingerprint density at radius 2 is 2.10 bits per heavy atom. The molecule has 2 atom stereocenters. The first-order chi connectivity index (χ1) is 9.85. The molecule has 1 fully saturated rings. The summed E-state index contributed by atoms with van der Waals surface area (Å²) in [6.45, 7) is 2.69. The minimum absolute atomic E-state index is 0.108. The van der Waals surface area contributed by atoms with Crippen LogP contribution < -0.4 is 10.0 Å². The maximum absolute atomic E-state index is 11.6. The lowest BCUT2D eigenvalue weighted by Gasteiger charge is -2.05. The number of hydrogen-bond donors (Lipinski definition) is 2. The highest BCUT2D eigenvalue weighted by molar-refractivity contribution is 7.88. The molecule has 7 heteroatoms. The molecule has 1 heterocycles. The van der Waals surface area contributed by atoms with Gasteiger partial charge in [0.2, 0.25) is 15.9 Å². The van der Waals surface area contributed by atoms with Crippen molar-refractivity contribution >= 4 is 15.9 Å². The molecule has 1 aromatic heterocycles. The fraction of sp³-hybridized carbons (Fsp3) is 0.643. The second-order valence-electron chi connectivity index (χ2n) is 5.64. The van der Waals surface area contributed by atoms with E-state index in [0.717, 1.165) is 17.8 Å². The first kappa shape index (κ1) is 16.0. The van der Waals surface area contributed by atoms with Crippen molar-refractivity contribution in [3.05, 3.63) is 23.7 Å². The van der Waals surface area contributed by atoms with Crippen LogP contribution in [0, 0.1) is 5.92 Å². The average Bonchev–Trinajstić information content (AvgIpc) is 2.94. The molecule has 6 nitrogen and oxygen atoms in total. The van der Waals surface area contributed by atoms with Crippen molar-refractivity contribution < 1.29 is 17.6 Å². The molecule has 0 aromatic carbocycles. The summed E-state index contributed by atoms with van der Waals surface area (Å²) in [4.78, 5) is 11.6. The molecule has 1 aliphatic carbocycles. The Labute approximate surface area is 125 Å². The molecular weight excluding hydrogens is 292 g/mol. The molecule has 1 amide bonds. The maximum atomic E-state index is 11.6. The van der Waals surface area contributed by atoms with Gasteiger partial charge in [0.1, 0.15) is 11.5 Å². The zero-order valence-corrected chi connectivity index (χ0v) is 13.2. The normalized spacial score (nSPS) is 21.2. The summed E-state index contributed by atoms with van der Waals surface area (Å²) in [7, 11) is -3.20. The molecule has 0 saturated heterocycles. The van der Waals surface area contributed by atoms with E-state index in [4.69, 9.17) is 4.42 Å². The van der Waals surface area contributed by atoms with Gasteiger partial charge in [-0.1, -0.05) is 6.92 Å². The van der Waals surface area contributed by atoms with Crippen molar-refractivity contribution in [2.45, 2.75) is 32.1 Å². The average molecular weight is 314 g/mol. The fourth-order valence-corrected chi connectivity index (χ4v) is 2.68. The van der Waals surface area contributed by atoms with Crippen LogP contribution in [0.25, 0.3) is 0 Å². The van der Waals surface area contributed by atoms with E-state index in [2.05, 4.69) is 17.0 Å². The van der Waals surface area contributed by atoms with Gasteiger partial charge < -0.3 is 9.73 Å². The van der Waals surface area contributed by atoms with Crippen LogP contribution in [0.2, 0.25) is 0 Å². The number of amides is 1. The summed E-state index contributed by atoms with van der Waals surface area (Å²) in [6, 6.07) is 3.93. The zero-order valence-electron chi connectivity index (χ0n) is 12.4. The number of carbonyl (C=O) groups excluding carboxylic acids is 1. The van der Waals surface area contributed by atoms with Crippen LogP contribution in [0.3, 0.4) is 0 Å². The van der Waals surface area contributed by atoms with E-state index in [-0.39, 0.29) is 19.0 Å². The lowest BCUT2D eigenvalue weighted by atomic mass is 10.2. The maximum Gasteiger partial charge on any atom is 0.220 e. The van der Waals surface area contributed by atoms with E-state index in [1.807, 2.05) is 12.1 Å². The smallest absolute Gasteiger partial charge is 0.220 e. The van der Waals surface area contributed by atoms with Gasteiger partial charge in [0.05, 0.1) is 6.26 Å². The largest absolute Gasteiger partial charge is 0.466 e. The van der Waals surface area contributed by atoms with Crippen LogP contribution in [-0.2, 0) is 21.2 Å². The highest BCUT2D eigenvalue weighted by Gasteiger charge is 2.36. The summed E-state index contributed by atoms with van der Waals surface area (Å²) < 4.78 is 29.7.